The van der Waals surface area contributed by atoms with Crippen LogP contribution in [0.1, 0.15) is 37.7 Å². The van der Waals surface area contributed by atoms with Gasteiger partial charge in [-0.15, -0.1) is 6.42 Å². The first-order valence-electron chi connectivity index (χ1n) is 17.4. The number of nitrogens with two attached hydrogens (primary N) is 1. The Hall–Kier alpha value is -4.54. The summed E-state index contributed by atoms with van der Waals surface area (Å²) in [7, 11) is 0. The summed E-state index contributed by atoms with van der Waals surface area (Å²) in [5.74, 6) is 1.21. The van der Waals surface area contributed by atoms with Gasteiger partial charge in [0, 0.05) is 53.0 Å². The van der Waals surface area contributed by atoms with Crippen LogP contribution in [0.4, 0.5) is 29.1 Å². The van der Waals surface area contributed by atoms with E-state index in [1.807, 2.05) is 4.90 Å². The van der Waals surface area contributed by atoms with Crippen LogP contribution in [0.15, 0.2) is 30.5 Å². The van der Waals surface area contributed by atoms with Gasteiger partial charge in [0.05, 0.1) is 49.1 Å². The predicted molar refractivity (Wildman–Crippen MR) is 185 cm³/mol. The molecule has 9 nitrogen and oxygen atoms in total. The number of hydrogen-bond acceptors (Lipinski definition) is 9. The number of nitrogen functional groups attached to an aromatic ring is 1. The second kappa shape index (κ2) is 11.5. The highest BCUT2D eigenvalue weighted by atomic mass is 19.1. The highest BCUT2D eigenvalue weighted by Gasteiger charge is 2.71. The average molecular weight is 700 g/mol. The van der Waals surface area contributed by atoms with Crippen LogP contribution in [0.5, 0.6) is 6.01 Å². The number of pyridine rings is 1. The lowest BCUT2D eigenvalue weighted by Crippen LogP contribution is -2.49. The molecule has 5 aliphatic rings. The minimum atomic E-state index is -0.798. The van der Waals surface area contributed by atoms with Gasteiger partial charge < -0.3 is 25.5 Å². The SMILES string of the molecule is C#Cc1c(F)ccc2cc(N)cc(-c3ncc4c(N5CCOC[C@H]6C(=N)[C@H]65)nc(OC[C@]56CC(CF)(CCF)CN5CCC65CC5)nc4c3F)c12. The van der Waals surface area contributed by atoms with E-state index in [0.717, 1.165) is 25.8 Å². The summed E-state index contributed by atoms with van der Waals surface area (Å²) in [6.07, 6.45) is 10.7. The zero-order valence-electron chi connectivity index (χ0n) is 28.0. The maximum absolute atomic E-state index is 17.1. The minimum Gasteiger partial charge on any atom is -0.461 e. The number of anilines is 2. The van der Waals surface area contributed by atoms with Gasteiger partial charge in [-0.1, -0.05) is 12.0 Å². The number of fused-ring (bicyclic) bond motifs is 5. The highest BCUT2D eigenvalue weighted by Crippen LogP contribution is 2.68. The van der Waals surface area contributed by atoms with Crippen LogP contribution >= 0.6 is 0 Å². The topological polar surface area (TPSA) is 113 Å². The molecule has 9 rings (SSSR count). The summed E-state index contributed by atoms with van der Waals surface area (Å²) in [5, 5.41) is 9.68. The molecule has 0 bridgehead atoms. The van der Waals surface area contributed by atoms with Gasteiger partial charge in [0.15, 0.2) is 5.82 Å². The van der Waals surface area contributed by atoms with Crippen LogP contribution in [-0.2, 0) is 4.74 Å². The Labute approximate surface area is 292 Å². The summed E-state index contributed by atoms with van der Waals surface area (Å²) in [4.78, 5) is 18.2. The quantitative estimate of drug-likeness (QED) is 0.134. The van der Waals surface area contributed by atoms with E-state index in [-0.39, 0.29) is 58.8 Å². The Kier molecular flexibility index (Phi) is 7.29. The number of alkyl halides is 2. The zero-order valence-corrected chi connectivity index (χ0v) is 28.0. The van der Waals surface area contributed by atoms with Crippen LogP contribution in [0.2, 0.25) is 0 Å². The number of benzene rings is 2. The second-order valence-electron chi connectivity index (χ2n) is 15.0. The first kappa shape index (κ1) is 32.4. The number of hydrogen-bond donors (Lipinski definition) is 2. The molecule has 2 saturated carbocycles. The van der Waals surface area contributed by atoms with E-state index < -0.39 is 35.9 Å². The van der Waals surface area contributed by atoms with Gasteiger partial charge in [-0.3, -0.25) is 18.7 Å². The molecule has 2 aliphatic carbocycles. The van der Waals surface area contributed by atoms with Crippen LogP contribution < -0.4 is 15.4 Å². The third kappa shape index (κ3) is 4.75. The fourth-order valence-corrected chi connectivity index (χ4v) is 9.51. The largest absolute Gasteiger partial charge is 0.461 e. The normalized spacial score (nSPS) is 27.8. The number of ether oxygens (including phenoxy) is 2. The molecule has 4 atom stereocenters. The van der Waals surface area contributed by atoms with Crippen molar-refractivity contribution in [2.24, 2.45) is 16.7 Å². The summed E-state index contributed by atoms with van der Waals surface area (Å²) < 4.78 is 72.7. The standard InChI is InChI=1S/C38H37F4N7O2/c1-2-23-27(41)4-3-21-13-22(43)14-24(28(21)23)31-29(42)32-25(15-45-31)34(49-11-12-50-16-26-30(44)33(26)49)47-35(46-32)51-20-38-17-36(18-40,7-9-39)19-48(38)10-8-37(38)5-6-37/h1,3-4,13-15,26,33,44H,5-12,16-20,43H2/t26-,33-,36?,38-/m0/s1. The third-order valence-electron chi connectivity index (χ3n) is 12.4. The molecule has 264 valence electrons. The molecule has 3 N–H and O–H groups in total. The Balaban J connectivity index is 1.19. The molecule has 5 fully saturated rings. The van der Waals surface area contributed by atoms with Gasteiger partial charge in [-0.25, -0.2) is 8.78 Å². The van der Waals surface area contributed by atoms with E-state index in [2.05, 4.69) is 20.8 Å². The van der Waals surface area contributed by atoms with Gasteiger partial charge in [0.2, 0.25) is 0 Å². The fraction of sp³-hybridized carbons (Fsp3) is 0.474. The number of nitrogens with zero attached hydrogens (tertiary/aromatic N) is 5. The van der Waals surface area contributed by atoms with Gasteiger partial charge in [0.25, 0.3) is 0 Å². The van der Waals surface area contributed by atoms with Gasteiger partial charge in [-0.2, -0.15) is 9.97 Å². The number of rotatable bonds is 8. The number of halogens is 4. The molecule has 51 heavy (non-hydrogen) atoms. The smallest absolute Gasteiger partial charge is 0.319 e. The van der Waals surface area contributed by atoms with Crippen molar-refractivity contribution in [3.63, 3.8) is 0 Å². The second-order valence-corrected chi connectivity index (χ2v) is 15.0. The number of aromatic nitrogens is 3. The third-order valence-corrected chi connectivity index (χ3v) is 12.4. The highest BCUT2D eigenvalue weighted by molar-refractivity contribution is 6.09. The maximum atomic E-state index is 17.1. The van der Waals surface area contributed by atoms with Crippen molar-refractivity contribution in [2.45, 2.75) is 43.7 Å². The van der Waals surface area contributed by atoms with Crippen LogP contribution in [-0.4, -0.2) is 89.9 Å². The maximum Gasteiger partial charge on any atom is 0.319 e. The lowest BCUT2D eigenvalue weighted by Gasteiger charge is -2.38. The summed E-state index contributed by atoms with van der Waals surface area (Å²) >= 11 is 0. The van der Waals surface area contributed by atoms with Crippen molar-refractivity contribution >= 4 is 38.9 Å². The fourth-order valence-electron chi connectivity index (χ4n) is 9.51. The van der Waals surface area contributed by atoms with Crippen molar-refractivity contribution in [2.75, 3.05) is 63.4 Å². The predicted octanol–water partition coefficient (Wildman–Crippen LogP) is 5.86. The lowest BCUT2D eigenvalue weighted by atomic mass is 9.72. The molecule has 5 heterocycles. The van der Waals surface area contributed by atoms with Crippen molar-refractivity contribution in [1.82, 2.24) is 19.9 Å². The minimum absolute atomic E-state index is 0.0397. The average Bonchev–Trinajstić information content (AvgIpc) is 4.01. The van der Waals surface area contributed by atoms with E-state index in [4.69, 9.17) is 32.0 Å². The molecule has 2 aromatic heterocycles. The van der Waals surface area contributed by atoms with E-state index in [1.54, 1.807) is 6.07 Å². The van der Waals surface area contributed by atoms with Crippen molar-refractivity contribution in [1.29, 1.82) is 5.41 Å². The van der Waals surface area contributed by atoms with Crippen molar-refractivity contribution in [3.05, 3.63) is 47.7 Å². The molecule has 1 spiro atoms. The molecule has 13 heteroatoms. The summed E-state index contributed by atoms with van der Waals surface area (Å²) in [5.41, 5.74) is 5.65. The molecule has 3 saturated heterocycles. The molecule has 3 aliphatic heterocycles. The number of terminal acetylenes is 1. The first-order valence-corrected chi connectivity index (χ1v) is 17.4. The van der Waals surface area contributed by atoms with Crippen LogP contribution in [0.25, 0.3) is 32.9 Å². The Morgan fingerprint density at radius 2 is 1.98 bits per heavy atom. The molecule has 0 amide bonds. The molecular formula is C38H37F4N7O2. The van der Waals surface area contributed by atoms with Gasteiger partial charge in [-0.05, 0) is 67.6 Å². The summed E-state index contributed by atoms with van der Waals surface area (Å²) in [6, 6.07) is 5.58. The molecule has 1 unspecified atom stereocenters. The molecule has 2 aromatic carbocycles. The lowest BCUT2D eigenvalue weighted by molar-refractivity contribution is 0.0618. The van der Waals surface area contributed by atoms with E-state index in [0.29, 0.717) is 66.1 Å². The van der Waals surface area contributed by atoms with E-state index in [1.165, 1.54) is 24.4 Å². The molecule has 0 radical (unpaired) electrons. The zero-order chi connectivity index (χ0) is 35.3. The van der Waals surface area contributed by atoms with E-state index in [9.17, 15) is 13.2 Å². The Bertz CT molecular complexity index is 2170. The number of nitrogens with one attached hydrogen (secondary N) is 1. The van der Waals surface area contributed by atoms with Crippen molar-refractivity contribution < 1.29 is 27.0 Å². The van der Waals surface area contributed by atoms with E-state index >= 15 is 4.39 Å². The Morgan fingerprint density at radius 1 is 1.14 bits per heavy atom. The van der Waals surface area contributed by atoms with Gasteiger partial charge in [0.1, 0.15) is 29.5 Å². The van der Waals surface area contributed by atoms with Gasteiger partial charge >= 0.3 is 6.01 Å². The monoisotopic (exact) mass is 699 g/mol. The molecule has 4 aromatic rings. The van der Waals surface area contributed by atoms with Crippen LogP contribution in [0.3, 0.4) is 0 Å². The first-order chi connectivity index (χ1) is 24.7. The van der Waals surface area contributed by atoms with Crippen LogP contribution in [0, 0.1) is 46.1 Å². The summed E-state index contributed by atoms with van der Waals surface area (Å²) in [6.45, 7) is 1.36. The molecular weight excluding hydrogens is 662 g/mol. The van der Waals surface area contributed by atoms with Crippen molar-refractivity contribution in [3.8, 4) is 29.6 Å². The Morgan fingerprint density at radius 3 is 2.75 bits per heavy atom.